The number of aromatic nitrogens is 2. The van der Waals surface area contributed by atoms with E-state index >= 15 is 8.78 Å². The molecule has 5 amide bonds. The molecule has 2 aromatic carbocycles. The minimum atomic E-state index is -0.991. The number of anilines is 4. The largest absolute Gasteiger partial charge is 0.370 e. The molecule has 0 radical (unpaired) electrons. The minimum absolute atomic E-state index is 0.0259. The molecule has 2 unspecified atom stereocenters. The van der Waals surface area contributed by atoms with Crippen molar-refractivity contribution in [3.63, 3.8) is 0 Å². The molecule has 16 nitrogen and oxygen atoms in total. The number of likely N-dealkylation sites (tertiary alicyclic amines) is 1. The average Bonchev–Trinajstić information content (AvgIpc) is 3.97. The summed E-state index contributed by atoms with van der Waals surface area (Å²) in [6.45, 7) is 11.4. The normalized spacial score (nSPS) is 25.9. The predicted molar refractivity (Wildman–Crippen MR) is 252 cm³/mol. The highest BCUT2D eigenvalue weighted by atomic mass is 19.1. The topological polar surface area (TPSA) is 167 Å². The molecule has 4 atom stereocenters. The van der Waals surface area contributed by atoms with Gasteiger partial charge in [-0.3, -0.25) is 39.1 Å². The number of rotatable bonds is 12. The lowest BCUT2D eigenvalue weighted by molar-refractivity contribution is -0.136. The van der Waals surface area contributed by atoms with Gasteiger partial charge in [0.15, 0.2) is 0 Å². The summed E-state index contributed by atoms with van der Waals surface area (Å²) >= 11 is 0. The van der Waals surface area contributed by atoms with Crippen LogP contribution in [0.15, 0.2) is 42.7 Å². The molecule has 10 rings (SSSR count). The van der Waals surface area contributed by atoms with Gasteiger partial charge in [-0.05, 0) is 113 Å². The molecular weight excluding hydrogens is 873 g/mol. The second-order valence-electron chi connectivity index (χ2n) is 21.2. The summed E-state index contributed by atoms with van der Waals surface area (Å²) in [5.41, 5.74) is 1.58. The summed E-state index contributed by atoms with van der Waals surface area (Å²) in [7, 11) is 2.18. The van der Waals surface area contributed by atoms with Crippen LogP contribution in [0.5, 0.6) is 0 Å². The van der Waals surface area contributed by atoms with Gasteiger partial charge in [0.1, 0.15) is 35.6 Å². The first-order valence-electron chi connectivity index (χ1n) is 24.5. The number of fused-ring (bicyclic) bond motifs is 2. The SMILES string of the molecule is CN(CCCNc1cc(N2CCC3(CC2)CN(c2cc(F)c(CN4CCC(C)(C)CC4)cc2F)CC(=O)N3)ncn1)C1C[C@@H]2CN(c3cccc4c3C(=O)N(C3CCC(=O)NC3=O)C4=O)C[C@@H]2C1. The number of hydrogen-bond acceptors (Lipinski definition) is 13. The van der Waals surface area contributed by atoms with Gasteiger partial charge >= 0.3 is 0 Å². The highest BCUT2D eigenvalue weighted by Crippen LogP contribution is 2.44. The number of benzene rings is 2. The van der Waals surface area contributed by atoms with E-state index in [0.29, 0.717) is 73.6 Å². The van der Waals surface area contributed by atoms with Gasteiger partial charge in [0.25, 0.3) is 11.8 Å². The quantitative estimate of drug-likeness (QED) is 0.173. The van der Waals surface area contributed by atoms with Gasteiger partial charge in [-0.15, -0.1) is 0 Å². The average molecular weight is 936 g/mol. The molecule has 68 heavy (non-hydrogen) atoms. The van der Waals surface area contributed by atoms with Crippen molar-refractivity contribution >= 4 is 52.5 Å². The molecule has 1 aromatic heterocycles. The fourth-order valence-electron chi connectivity index (χ4n) is 12.0. The van der Waals surface area contributed by atoms with Crippen LogP contribution >= 0.6 is 0 Å². The molecule has 3 N–H and O–H groups in total. The Balaban J connectivity index is 0.677. The van der Waals surface area contributed by atoms with Crippen LogP contribution in [0.3, 0.4) is 0 Å². The lowest BCUT2D eigenvalue weighted by atomic mass is 9.82. The summed E-state index contributed by atoms with van der Waals surface area (Å²) in [5.74, 6) is -0.642. The Labute approximate surface area is 396 Å². The van der Waals surface area contributed by atoms with Crippen LogP contribution in [0.2, 0.25) is 0 Å². The Hall–Kier alpha value is -5.75. The zero-order valence-electron chi connectivity index (χ0n) is 39.4. The van der Waals surface area contributed by atoms with E-state index in [9.17, 15) is 24.0 Å². The third-order valence-electron chi connectivity index (χ3n) is 16.1. The molecule has 7 heterocycles. The standard InChI is InChI=1S/C50H63F2N11O5/c1-49(2)10-16-59(17-11-49)25-33-22-37(52)40(23-36(33)51)62-28-44(65)57-50(29-62)12-18-60(19-13-50)42-24-41(54-30-55-42)53-14-5-15-58(3)34-20-31-26-61(27-32(31)21-34)38-7-4-6-35-45(38)48(68)63(47(35)67)39-8-9-43(64)56-46(39)66/h4,6-7,22-24,30-32,34,39H,5,8-21,25-29H2,1-3H3,(H,57,65)(H,53,54,55)(H,56,64,66)/t31-,32+,34?,39?. The number of hydrogen-bond donors (Lipinski definition) is 3. The number of carbonyl (C=O) groups excluding carboxylic acids is 5. The number of imide groups is 2. The van der Waals surface area contributed by atoms with E-state index in [0.717, 1.165) is 93.6 Å². The minimum Gasteiger partial charge on any atom is -0.370 e. The molecular formula is C50H63F2N11O5. The number of piperazine rings is 1. The highest BCUT2D eigenvalue weighted by molar-refractivity contribution is 6.25. The zero-order chi connectivity index (χ0) is 47.5. The number of carbonyl (C=O) groups is 5. The molecule has 0 bridgehead atoms. The second-order valence-corrected chi connectivity index (χ2v) is 21.2. The number of amides is 5. The van der Waals surface area contributed by atoms with Crippen LogP contribution in [0.4, 0.5) is 31.8 Å². The van der Waals surface area contributed by atoms with Crippen LogP contribution in [-0.2, 0) is 20.9 Å². The Morgan fingerprint density at radius 3 is 2.32 bits per heavy atom. The third-order valence-corrected chi connectivity index (χ3v) is 16.1. The van der Waals surface area contributed by atoms with Gasteiger partial charge < -0.3 is 30.2 Å². The monoisotopic (exact) mass is 935 g/mol. The lowest BCUT2D eigenvalue weighted by Gasteiger charge is -2.48. The molecule has 3 aromatic rings. The van der Waals surface area contributed by atoms with Crippen molar-refractivity contribution in [2.24, 2.45) is 17.3 Å². The van der Waals surface area contributed by atoms with Crippen molar-refractivity contribution in [3.8, 4) is 0 Å². The molecule has 6 fully saturated rings. The lowest BCUT2D eigenvalue weighted by Crippen LogP contribution is -2.66. The molecule has 1 saturated carbocycles. The fourth-order valence-corrected chi connectivity index (χ4v) is 12.0. The maximum Gasteiger partial charge on any atom is 0.264 e. The summed E-state index contributed by atoms with van der Waals surface area (Å²) in [6.07, 6.45) is 8.08. The summed E-state index contributed by atoms with van der Waals surface area (Å²) < 4.78 is 31.2. The Bertz CT molecular complexity index is 2470. The maximum absolute atomic E-state index is 15.7. The van der Waals surface area contributed by atoms with E-state index < -0.39 is 46.8 Å². The zero-order valence-corrected chi connectivity index (χ0v) is 39.4. The van der Waals surface area contributed by atoms with E-state index in [1.54, 1.807) is 23.4 Å². The molecule has 7 aliphatic rings. The van der Waals surface area contributed by atoms with Crippen molar-refractivity contribution in [2.75, 3.05) is 92.5 Å². The second kappa shape index (κ2) is 18.3. The van der Waals surface area contributed by atoms with E-state index in [1.807, 2.05) is 12.1 Å². The predicted octanol–water partition coefficient (Wildman–Crippen LogP) is 4.40. The van der Waals surface area contributed by atoms with Gasteiger partial charge in [-0.25, -0.2) is 18.7 Å². The van der Waals surface area contributed by atoms with Crippen molar-refractivity contribution < 1.29 is 32.8 Å². The van der Waals surface area contributed by atoms with E-state index in [-0.39, 0.29) is 36.4 Å². The number of nitrogens with zero attached hydrogens (tertiary/aromatic N) is 8. The van der Waals surface area contributed by atoms with Crippen LogP contribution in [0.1, 0.15) is 97.9 Å². The van der Waals surface area contributed by atoms with Crippen molar-refractivity contribution in [1.82, 2.24) is 35.3 Å². The third kappa shape index (κ3) is 9.12. The first kappa shape index (κ1) is 46.0. The fraction of sp³-hybridized carbons (Fsp3) is 0.580. The molecule has 6 aliphatic heterocycles. The van der Waals surface area contributed by atoms with Crippen LogP contribution in [0.25, 0.3) is 0 Å². The van der Waals surface area contributed by atoms with Crippen LogP contribution in [0, 0.1) is 28.9 Å². The summed E-state index contributed by atoms with van der Waals surface area (Å²) in [5, 5.41) is 8.96. The van der Waals surface area contributed by atoms with Gasteiger partial charge in [-0.2, -0.15) is 0 Å². The molecule has 18 heteroatoms. The van der Waals surface area contributed by atoms with Crippen molar-refractivity contribution in [2.45, 2.75) is 95.8 Å². The van der Waals surface area contributed by atoms with E-state index in [2.05, 4.69) is 66.4 Å². The molecule has 5 saturated heterocycles. The van der Waals surface area contributed by atoms with E-state index in [1.165, 1.54) is 12.1 Å². The van der Waals surface area contributed by atoms with Crippen molar-refractivity contribution in [3.05, 3.63) is 71.1 Å². The molecule has 1 aliphatic carbocycles. The number of nitrogens with one attached hydrogen (secondary N) is 3. The highest BCUT2D eigenvalue weighted by Gasteiger charge is 2.49. The molecule has 362 valence electrons. The van der Waals surface area contributed by atoms with Crippen LogP contribution < -0.4 is 30.7 Å². The number of halogens is 2. The number of piperidine rings is 3. The van der Waals surface area contributed by atoms with Crippen LogP contribution in [-0.4, -0.2) is 144 Å². The summed E-state index contributed by atoms with van der Waals surface area (Å²) in [4.78, 5) is 85.5. The first-order chi connectivity index (χ1) is 32.6. The summed E-state index contributed by atoms with van der Waals surface area (Å²) in [6, 6.07) is 9.35. The van der Waals surface area contributed by atoms with Gasteiger partial charge in [-0.1, -0.05) is 19.9 Å². The van der Waals surface area contributed by atoms with Crippen molar-refractivity contribution in [1.29, 1.82) is 0 Å². The smallest absolute Gasteiger partial charge is 0.264 e. The Morgan fingerprint density at radius 1 is 0.838 bits per heavy atom. The Kier molecular flexibility index (Phi) is 12.4. The molecule has 1 spiro atoms. The first-order valence-corrected chi connectivity index (χ1v) is 24.5. The van der Waals surface area contributed by atoms with Gasteiger partial charge in [0, 0.05) is 76.0 Å². The maximum atomic E-state index is 15.7. The van der Waals surface area contributed by atoms with Gasteiger partial charge in [0.2, 0.25) is 17.7 Å². The van der Waals surface area contributed by atoms with Gasteiger partial charge in [0.05, 0.1) is 34.6 Å². The van der Waals surface area contributed by atoms with E-state index in [4.69, 9.17) is 0 Å². The Morgan fingerprint density at radius 2 is 1.59 bits per heavy atom.